The molecule has 0 bridgehead atoms. The van der Waals surface area contributed by atoms with E-state index in [0.717, 1.165) is 30.6 Å². The number of aromatic nitrogens is 1. The molecule has 4 nitrogen and oxygen atoms in total. The third-order valence-electron chi connectivity index (χ3n) is 3.72. The molecule has 1 aromatic carbocycles. The molecule has 0 fully saturated rings. The summed E-state index contributed by atoms with van der Waals surface area (Å²) in [5, 5.41) is 3.49. The van der Waals surface area contributed by atoms with Crippen LogP contribution in [0.25, 0.3) is 0 Å². The number of halogens is 1. The first-order valence-corrected chi connectivity index (χ1v) is 8.12. The molecule has 0 aliphatic carbocycles. The van der Waals surface area contributed by atoms with Crippen molar-refractivity contribution in [2.75, 3.05) is 23.8 Å². The number of benzene rings is 1. The van der Waals surface area contributed by atoms with Crippen molar-refractivity contribution in [3.8, 4) is 0 Å². The van der Waals surface area contributed by atoms with Crippen molar-refractivity contribution >= 4 is 28.9 Å². The fourth-order valence-corrected chi connectivity index (χ4v) is 2.38. The summed E-state index contributed by atoms with van der Waals surface area (Å²) in [4.78, 5) is 18.8. The maximum atomic E-state index is 12.5. The standard InChI is InChI=1S/C18H22ClN3O/c1-4-5-8-22(3)16-9-14(11-20-12-16)18(23)21-17-10-15(19)7-6-13(17)2/h6-7,9-12H,4-5,8H2,1-3H3,(H,21,23). The van der Waals surface area contributed by atoms with Gasteiger partial charge in [0.2, 0.25) is 0 Å². The van der Waals surface area contributed by atoms with E-state index in [2.05, 4.69) is 22.1 Å². The normalized spacial score (nSPS) is 10.4. The molecule has 2 rings (SSSR count). The fraction of sp³-hybridized carbons (Fsp3) is 0.333. The van der Waals surface area contributed by atoms with Crippen LogP contribution < -0.4 is 10.2 Å². The van der Waals surface area contributed by atoms with Crippen LogP contribution in [0.5, 0.6) is 0 Å². The number of nitrogens with zero attached hydrogens (tertiary/aromatic N) is 2. The van der Waals surface area contributed by atoms with Crippen molar-refractivity contribution in [3.63, 3.8) is 0 Å². The Morgan fingerprint density at radius 1 is 1.30 bits per heavy atom. The summed E-state index contributed by atoms with van der Waals surface area (Å²) in [5.74, 6) is -0.186. The van der Waals surface area contributed by atoms with Gasteiger partial charge in [-0.05, 0) is 37.1 Å². The Bertz CT molecular complexity index is 688. The number of hydrogen-bond acceptors (Lipinski definition) is 3. The van der Waals surface area contributed by atoms with Crippen molar-refractivity contribution < 1.29 is 4.79 Å². The van der Waals surface area contributed by atoms with Crippen LogP contribution in [0.1, 0.15) is 35.7 Å². The maximum Gasteiger partial charge on any atom is 0.257 e. The fourth-order valence-electron chi connectivity index (χ4n) is 2.21. The topological polar surface area (TPSA) is 45.2 Å². The molecule has 122 valence electrons. The molecule has 2 aromatic rings. The van der Waals surface area contributed by atoms with Gasteiger partial charge < -0.3 is 10.2 Å². The van der Waals surface area contributed by atoms with Crippen molar-refractivity contribution in [2.45, 2.75) is 26.7 Å². The number of anilines is 2. The molecule has 0 aliphatic rings. The molecule has 0 atom stereocenters. The van der Waals surface area contributed by atoms with Gasteiger partial charge in [0.05, 0.1) is 17.4 Å². The van der Waals surface area contributed by atoms with Gasteiger partial charge in [-0.15, -0.1) is 0 Å². The van der Waals surface area contributed by atoms with Gasteiger partial charge in [0.15, 0.2) is 0 Å². The van der Waals surface area contributed by atoms with E-state index in [4.69, 9.17) is 11.6 Å². The van der Waals surface area contributed by atoms with Gasteiger partial charge in [0, 0.05) is 30.5 Å². The van der Waals surface area contributed by atoms with E-state index in [0.29, 0.717) is 16.3 Å². The summed E-state index contributed by atoms with van der Waals surface area (Å²) < 4.78 is 0. The molecule has 1 heterocycles. The SMILES string of the molecule is CCCCN(C)c1cncc(C(=O)Nc2cc(Cl)ccc2C)c1. The Morgan fingerprint density at radius 3 is 2.83 bits per heavy atom. The Balaban J connectivity index is 2.15. The molecule has 1 aromatic heterocycles. The van der Waals surface area contributed by atoms with E-state index >= 15 is 0 Å². The number of carbonyl (C=O) groups is 1. The Kier molecular flexibility index (Phi) is 5.99. The zero-order valence-electron chi connectivity index (χ0n) is 13.8. The number of pyridine rings is 1. The minimum atomic E-state index is -0.186. The zero-order chi connectivity index (χ0) is 16.8. The van der Waals surface area contributed by atoms with E-state index in [1.54, 1.807) is 24.5 Å². The molecule has 0 saturated carbocycles. The number of amides is 1. The molecule has 0 aliphatic heterocycles. The lowest BCUT2D eigenvalue weighted by Gasteiger charge is -2.19. The first-order chi connectivity index (χ1) is 11.0. The highest BCUT2D eigenvalue weighted by Gasteiger charge is 2.11. The van der Waals surface area contributed by atoms with Crippen molar-refractivity contribution in [1.29, 1.82) is 0 Å². The number of nitrogens with one attached hydrogen (secondary N) is 1. The van der Waals surface area contributed by atoms with Gasteiger partial charge in [0.25, 0.3) is 5.91 Å². The summed E-state index contributed by atoms with van der Waals surface area (Å²) in [6, 6.07) is 7.29. The van der Waals surface area contributed by atoms with Crippen LogP contribution in [0.3, 0.4) is 0 Å². The van der Waals surface area contributed by atoms with Gasteiger partial charge in [-0.1, -0.05) is 31.0 Å². The zero-order valence-corrected chi connectivity index (χ0v) is 14.5. The van der Waals surface area contributed by atoms with Crippen LogP contribution in [0.4, 0.5) is 11.4 Å². The van der Waals surface area contributed by atoms with Crippen LogP contribution >= 0.6 is 11.6 Å². The van der Waals surface area contributed by atoms with Gasteiger partial charge >= 0.3 is 0 Å². The van der Waals surface area contributed by atoms with Crippen LogP contribution in [0.15, 0.2) is 36.7 Å². The van der Waals surface area contributed by atoms with Crippen LogP contribution in [0, 0.1) is 6.92 Å². The summed E-state index contributed by atoms with van der Waals surface area (Å²) in [7, 11) is 2.01. The van der Waals surface area contributed by atoms with Crippen molar-refractivity contribution in [1.82, 2.24) is 4.98 Å². The Hall–Kier alpha value is -2.07. The average molecular weight is 332 g/mol. The number of carbonyl (C=O) groups excluding carboxylic acids is 1. The molecule has 0 spiro atoms. The molecule has 1 N–H and O–H groups in total. The number of rotatable bonds is 6. The quantitative estimate of drug-likeness (QED) is 0.845. The van der Waals surface area contributed by atoms with Crippen LogP contribution in [0.2, 0.25) is 5.02 Å². The number of hydrogen-bond donors (Lipinski definition) is 1. The summed E-state index contributed by atoms with van der Waals surface area (Å²) in [6.07, 6.45) is 5.59. The highest BCUT2D eigenvalue weighted by atomic mass is 35.5. The van der Waals surface area contributed by atoms with E-state index in [9.17, 15) is 4.79 Å². The summed E-state index contributed by atoms with van der Waals surface area (Å²) in [6.45, 7) is 5.03. The summed E-state index contributed by atoms with van der Waals surface area (Å²) in [5.41, 5.74) is 3.15. The summed E-state index contributed by atoms with van der Waals surface area (Å²) >= 11 is 5.99. The largest absolute Gasteiger partial charge is 0.373 e. The third-order valence-corrected chi connectivity index (χ3v) is 3.96. The van der Waals surface area contributed by atoms with Gasteiger partial charge in [0.1, 0.15) is 0 Å². The third kappa shape index (κ3) is 4.70. The average Bonchev–Trinajstić information content (AvgIpc) is 2.56. The lowest BCUT2D eigenvalue weighted by atomic mass is 10.2. The molecule has 5 heteroatoms. The molecule has 23 heavy (non-hydrogen) atoms. The van der Waals surface area contributed by atoms with Gasteiger partial charge in [-0.25, -0.2) is 0 Å². The number of aryl methyl sites for hydroxylation is 1. The maximum absolute atomic E-state index is 12.5. The van der Waals surface area contributed by atoms with Gasteiger partial charge in [-0.3, -0.25) is 9.78 Å². The number of unbranched alkanes of at least 4 members (excludes halogenated alkanes) is 1. The predicted molar refractivity (Wildman–Crippen MR) is 96.6 cm³/mol. The second-order valence-electron chi connectivity index (χ2n) is 5.62. The Morgan fingerprint density at radius 2 is 2.09 bits per heavy atom. The first kappa shape index (κ1) is 17.3. The smallest absolute Gasteiger partial charge is 0.257 e. The minimum Gasteiger partial charge on any atom is -0.373 e. The lowest BCUT2D eigenvalue weighted by molar-refractivity contribution is 0.102. The molecule has 0 radical (unpaired) electrons. The monoisotopic (exact) mass is 331 g/mol. The van der Waals surface area contributed by atoms with Crippen LogP contribution in [-0.2, 0) is 0 Å². The van der Waals surface area contributed by atoms with E-state index in [-0.39, 0.29) is 5.91 Å². The van der Waals surface area contributed by atoms with Gasteiger partial charge in [-0.2, -0.15) is 0 Å². The van der Waals surface area contributed by atoms with E-state index in [1.807, 2.05) is 26.1 Å². The first-order valence-electron chi connectivity index (χ1n) is 7.75. The predicted octanol–water partition coefficient (Wildman–Crippen LogP) is 4.53. The molecular formula is C18H22ClN3O. The molecule has 1 amide bonds. The molecule has 0 unspecified atom stereocenters. The van der Waals surface area contributed by atoms with Crippen molar-refractivity contribution in [2.24, 2.45) is 0 Å². The lowest BCUT2D eigenvalue weighted by Crippen LogP contribution is -2.20. The highest BCUT2D eigenvalue weighted by Crippen LogP contribution is 2.21. The molecular weight excluding hydrogens is 310 g/mol. The van der Waals surface area contributed by atoms with Crippen molar-refractivity contribution in [3.05, 3.63) is 52.8 Å². The van der Waals surface area contributed by atoms with E-state index < -0.39 is 0 Å². The molecule has 0 saturated heterocycles. The van der Waals surface area contributed by atoms with Crippen LogP contribution in [-0.4, -0.2) is 24.5 Å². The minimum absolute atomic E-state index is 0.186. The highest BCUT2D eigenvalue weighted by molar-refractivity contribution is 6.31. The second kappa shape index (κ2) is 7.97. The Labute approximate surface area is 142 Å². The second-order valence-corrected chi connectivity index (χ2v) is 6.06. The van der Waals surface area contributed by atoms with E-state index in [1.165, 1.54) is 0 Å².